The molecule has 1 nitrogen and oxygen atoms in total. The zero-order valence-electron chi connectivity index (χ0n) is 8.91. The van der Waals surface area contributed by atoms with Gasteiger partial charge >= 0.3 is 0 Å². The minimum Gasteiger partial charge on any atom is -0.265 e. The predicted octanol–water partition coefficient (Wildman–Crippen LogP) is 4.41. The summed E-state index contributed by atoms with van der Waals surface area (Å²) in [4.78, 5) is 3.78. The first-order valence-electron chi connectivity index (χ1n) is 4.58. The van der Waals surface area contributed by atoms with Gasteiger partial charge in [-0.15, -0.1) is 0 Å². The molecule has 0 fully saturated rings. The van der Waals surface area contributed by atoms with Crippen molar-refractivity contribution >= 4 is 0 Å². The third-order valence-electron chi connectivity index (χ3n) is 0.566. The zero-order valence-corrected chi connectivity index (χ0v) is 8.91. The standard InChI is InChI=1S/C5H5N.C4H10.C2H6.CH4/c1-2-4-6-5-3-1;1-4(2)3;1-2;/h1-5H;4H,1-3H3;1-2H3;1H4. The van der Waals surface area contributed by atoms with Crippen LogP contribution in [0.5, 0.6) is 0 Å². The fraction of sp³-hybridized carbons (Fsp3) is 0.583. The van der Waals surface area contributed by atoms with Crippen LogP contribution in [0.1, 0.15) is 42.0 Å². The number of pyridine rings is 1. The van der Waals surface area contributed by atoms with E-state index in [1.54, 1.807) is 12.4 Å². The molecule has 0 aliphatic carbocycles. The molecule has 0 saturated heterocycles. The van der Waals surface area contributed by atoms with Gasteiger partial charge in [-0.3, -0.25) is 4.98 Å². The van der Waals surface area contributed by atoms with Crippen LogP contribution >= 0.6 is 0 Å². The van der Waals surface area contributed by atoms with Crippen LogP contribution in [0, 0.1) is 5.92 Å². The van der Waals surface area contributed by atoms with Gasteiger partial charge in [-0.2, -0.15) is 0 Å². The predicted molar refractivity (Wildman–Crippen MR) is 62.8 cm³/mol. The van der Waals surface area contributed by atoms with Crippen LogP contribution in [0.3, 0.4) is 0 Å². The molecular weight excluding hydrogens is 158 g/mol. The Balaban J connectivity index is -0.000000128. The zero-order chi connectivity index (χ0) is 9.82. The Bertz CT molecular complexity index is 106. The highest BCUT2D eigenvalue weighted by molar-refractivity contribution is 4.88. The van der Waals surface area contributed by atoms with Gasteiger partial charge in [-0.1, -0.05) is 48.1 Å². The molecule has 78 valence electrons. The van der Waals surface area contributed by atoms with Crippen molar-refractivity contribution < 1.29 is 0 Å². The van der Waals surface area contributed by atoms with Crippen molar-refractivity contribution in [1.29, 1.82) is 0 Å². The summed E-state index contributed by atoms with van der Waals surface area (Å²) in [5.74, 6) is 0.833. The first-order valence-corrected chi connectivity index (χ1v) is 4.58. The molecule has 0 aromatic carbocycles. The molecule has 0 bridgehead atoms. The van der Waals surface area contributed by atoms with Crippen molar-refractivity contribution in [1.82, 2.24) is 4.98 Å². The Hall–Kier alpha value is -0.850. The summed E-state index contributed by atoms with van der Waals surface area (Å²) >= 11 is 0. The number of nitrogens with zero attached hydrogens (tertiary/aromatic N) is 1. The lowest BCUT2D eigenvalue weighted by Crippen LogP contribution is -1.66. The summed E-state index contributed by atoms with van der Waals surface area (Å²) in [7, 11) is 0. The summed E-state index contributed by atoms with van der Waals surface area (Å²) in [6.07, 6.45) is 3.50. The fourth-order valence-electron chi connectivity index (χ4n) is 0.313. The molecule has 0 radical (unpaired) electrons. The molecule has 1 rings (SSSR count). The van der Waals surface area contributed by atoms with Gasteiger partial charge in [0.05, 0.1) is 0 Å². The molecule has 1 heterocycles. The van der Waals surface area contributed by atoms with E-state index in [0.717, 1.165) is 5.92 Å². The minimum absolute atomic E-state index is 0. The molecule has 1 heteroatoms. The van der Waals surface area contributed by atoms with Crippen molar-refractivity contribution in [3.8, 4) is 0 Å². The van der Waals surface area contributed by atoms with Crippen LogP contribution in [0.25, 0.3) is 0 Å². The van der Waals surface area contributed by atoms with E-state index in [9.17, 15) is 0 Å². The second kappa shape index (κ2) is 17.3. The second-order valence-electron chi connectivity index (χ2n) is 2.76. The number of hydrogen-bond acceptors (Lipinski definition) is 1. The van der Waals surface area contributed by atoms with Gasteiger partial charge in [0.15, 0.2) is 0 Å². The average molecular weight is 183 g/mol. The second-order valence-corrected chi connectivity index (χ2v) is 2.76. The van der Waals surface area contributed by atoms with E-state index in [2.05, 4.69) is 25.8 Å². The minimum atomic E-state index is 0. The van der Waals surface area contributed by atoms with Crippen molar-refractivity contribution in [2.45, 2.75) is 42.0 Å². The van der Waals surface area contributed by atoms with Crippen LogP contribution < -0.4 is 0 Å². The van der Waals surface area contributed by atoms with Gasteiger partial charge in [-0.05, 0) is 18.1 Å². The van der Waals surface area contributed by atoms with E-state index in [1.165, 1.54) is 0 Å². The quantitative estimate of drug-likeness (QED) is 0.580. The average Bonchev–Trinajstić information content (AvgIpc) is 2.10. The van der Waals surface area contributed by atoms with Crippen molar-refractivity contribution in [2.75, 3.05) is 0 Å². The molecule has 0 aliphatic heterocycles. The Morgan fingerprint density at radius 1 is 0.846 bits per heavy atom. The number of aromatic nitrogens is 1. The maximum absolute atomic E-state index is 3.78. The topological polar surface area (TPSA) is 12.9 Å². The van der Waals surface area contributed by atoms with Crippen LogP contribution in [0.15, 0.2) is 30.6 Å². The normalized spacial score (nSPS) is 6.92. The highest BCUT2D eigenvalue weighted by atomic mass is 14.6. The molecule has 0 saturated carbocycles. The SMILES string of the molecule is C.CC.CC(C)C.c1ccncc1. The molecule has 0 N–H and O–H groups in total. The van der Waals surface area contributed by atoms with E-state index < -0.39 is 0 Å². The third kappa shape index (κ3) is 35.2. The fourth-order valence-corrected chi connectivity index (χ4v) is 0.313. The molecule has 0 amide bonds. The summed E-state index contributed by atoms with van der Waals surface area (Å²) in [5, 5.41) is 0. The van der Waals surface area contributed by atoms with E-state index >= 15 is 0 Å². The van der Waals surface area contributed by atoms with Crippen molar-refractivity contribution in [3.05, 3.63) is 30.6 Å². The maximum atomic E-state index is 3.78. The van der Waals surface area contributed by atoms with E-state index in [1.807, 2.05) is 32.0 Å². The van der Waals surface area contributed by atoms with Gasteiger partial charge in [0, 0.05) is 12.4 Å². The number of hydrogen-bond donors (Lipinski definition) is 0. The molecule has 0 spiro atoms. The Morgan fingerprint density at radius 3 is 1.23 bits per heavy atom. The highest BCUT2D eigenvalue weighted by Gasteiger charge is 1.68. The molecule has 13 heavy (non-hydrogen) atoms. The van der Waals surface area contributed by atoms with E-state index in [0.29, 0.717) is 0 Å². The first kappa shape index (κ1) is 18.0. The lowest BCUT2D eigenvalue weighted by atomic mass is 10.3. The Labute approximate surface area is 84.2 Å². The lowest BCUT2D eigenvalue weighted by Gasteiger charge is -1.79. The highest BCUT2D eigenvalue weighted by Crippen LogP contribution is 1.81. The Kier molecular flexibility index (Phi) is 24.0. The van der Waals surface area contributed by atoms with E-state index in [-0.39, 0.29) is 7.43 Å². The molecule has 1 aromatic rings. The van der Waals surface area contributed by atoms with Gasteiger partial charge < -0.3 is 0 Å². The summed E-state index contributed by atoms with van der Waals surface area (Å²) in [5.41, 5.74) is 0. The number of rotatable bonds is 0. The first-order chi connectivity index (χ1) is 5.73. The van der Waals surface area contributed by atoms with Crippen LogP contribution in [0.4, 0.5) is 0 Å². The molecular formula is C12H25N. The van der Waals surface area contributed by atoms with Crippen molar-refractivity contribution in [3.63, 3.8) is 0 Å². The van der Waals surface area contributed by atoms with Gasteiger partial charge in [0.1, 0.15) is 0 Å². The lowest BCUT2D eigenvalue weighted by molar-refractivity contribution is 0.737. The monoisotopic (exact) mass is 183 g/mol. The van der Waals surface area contributed by atoms with Crippen LogP contribution in [-0.2, 0) is 0 Å². The molecule has 0 unspecified atom stereocenters. The maximum Gasteiger partial charge on any atom is 0.0267 e. The summed E-state index contributed by atoms with van der Waals surface area (Å²) in [6, 6.07) is 5.72. The molecule has 0 aliphatic rings. The largest absolute Gasteiger partial charge is 0.265 e. The van der Waals surface area contributed by atoms with E-state index in [4.69, 9.17) is 0 Å². The third-order valence-corrected chi connectivity index (χ3v) is 0.566. The summed E-state index contributed by atoms with van der Waals surface area (Å²) in [6.45, 7) is 10.5. The van der Waals surface area contributed by atoms with Crippen LogP contribution in [-0.4, -0.2) is 4.98 Å². The van der Waals surface area contributed by atoms with Gasteiger partial charge in [0.2, 0.25) is 0 Å². The molecule has 1 aromatic heterocycles. The molecule has 0 atom stereocenters. The summed E-state index contributed by atoms with van der Waals surface area (Å²) < 4.78 is 0. The smallest absolute Gasteiger partial charge is 0.0267 e. The van der Waals surface area contributed by atoms with Crippen molar-refractivity contribution in [2.24, 2.45) is 5.92 Å². The van der Waals surface area contributed by atoms with Gasteiger partial charge in [0.25, 0.3) is 0 Å². The van der Waals surface area contributed by atoms with Gasteiger partial charge in [-0.25, -0.2) is 0 Å². The van der Waals surface area contributed by atoms with Crippen LogP contribution in [0.2, 0.25) is 0 Å². The Morgan fingerprint density at radius 2 is 1.15 bits per heavy atom.